The Morgan fingerprint density at radius 2 is 2.14 bits per heavy atom. The number of nitrogens with one attached hydrogen (secondary N) is 1. The monoisotopic (exact) mass is 451 g/mol. The van der Waals surface area contributed by atoms with Crippen molar-refractivity contribution in [2.24, 2.45) is 0 Å². The second-order valence-electron chi connectivity index (χ2n) is 6.48. The maximum Gasteiger partial charge on any atom is 0.289 e. The minimum absolute atomic E-state index is 0.0172. The number of carbonyl (C=O) groups is 1. The summed E-state index contributed by atoms with van der Waals surface area (Å²) in [5.74, 6) is 0.544. The minimum atomic E-state index is -0.592. The number of benzene rings is 1. The standard InChI is InChI=1S/C18H18ClN5O3S2/c1-10(2)23-17(12-6-11(3)28-8-12)21-22-18(23)29-9-16(25)20-13-4-5-14(19)15(7-13)24(26)27/h4-8,10H,9H2,1-3H3,(H,20,25). The lowest BCUT2D eigenvalue weighted by atomic mass is 10.3. The largest absolute Gasteiger partial charge is 0.325 e. The topological polar surface area (TPSA) is 103 Å². The molecule has 11 heteroatoms. The van der Waals surface area contributed by atoms with Gasteiger partial charge in [-0.15, -0.1) is 21.5 Å². The summed E-state index contributed by atoms with van der Waals surface area (Å²) in [5, 5.41) is 24.9. The highest BCUT2D eigenvalue weighted by molar-refractivity contribution is 7.99. The van der Waals surface area contributed by atoms with Crippen LogP contribution in [0.3, 0.4) is 0 Å². The first-order valence-corrected chi connectivity index (χ1v) is 10.9. The SMILES string of the molecule is Cc1cc(-c2nnc(SCC(=O)Nc3ccc(Cl)c([N+](=O)[O-])c3)n2C(C)C)cs1. The number of nitro benzene ring substituents is 1. The fraction of sp³-hybridized carbons (Fsp3) is 0.278. The Bertz CT molecular complexity index is 1060. The lowest BCUT2D eigenvalue weighted by Gasteiger charge is -2.13. The van der Waals surface area contributed by atoms with Crippen molar-refractivity contribution in [2.45, 2.75) is 32.0 Å². The zero-order valence-corrected chi connectivity index (χ0v) is 18.3. The number of anilines is 1. The molecule has 1 aromatic carbocycles. The molecular weight excluding hydrogens is 434 g/mol. The molecule has 0 unspecified atom stereocenters. The Hall–Kier alpha value is -2.43. The van der Waals surface area contributed by atoms with Crippen molar-refractivity contribution in [3.8, 4) is 11.4 Å². The van der Waals surface area contributed by atoms with Crippen LogP contribution in [-0.4, -0.2) is 31.3 Å². The highest BCUT2D eigenvalue weighted by atomic mass is 35.5. The van der Waals surface area contributed by atoms with Crippen LogP contribution in [0.2, 0.25) is 5.02 Å². The number of thiophene rings is 1. The quantitative estimate of drug-likeness (QED) is 0.301. The van der Waals surface area contributed by atoms with Crippen molar-refractivity contribution >= 4 is 52.0 Å². The van der Waals surface area contributed by atoms with Crippen LogP contribution in [0.15, 0.2) is 34.8 Å². The zero-order chi connectivity index (χ0) is 21.1. The molecule has 0 aliphatic heterocycles. The number of aromatic nitrogens is 3. The van der Waals surface area contributed by atoms with Gasteiger partial charge in [0.2, 0.25) is 5.91 Å². The van der Waals surface area contributed by atoms with E-state index in [2.05, 4.69) is 21.6 Å². The van der Waals surface area contributed by atoms with Gasteiger partial charge in [-0.05, 0) is 39.0 Å². The molecule has 0 aliphatic rings. The maximum absolute atomic E-state index is 12.3. The van der Waals surface area contributed by atoms with E-state index in [-0.39, 0.29) is 28.4 Å². The molecule has 3 aromatic rings. The number of hydrogen-bond donors (Lipinski definition) is 1. The van der Waals surface area contributed by atoms with Crippen molar-refractivity contribution in [1.29, 1.82) is 0 Å². The van der Waals surface area contributed by atoms with Gasteiger partial charge in [-0.1, -0.05) is 23.4 Å². The van der Waals surface area contributed by atoms with Gasteiger partial charge < -0.3 is 5.32 Å². The predicted molar refractivity (Wildman–Crippen MR) is 116 cm³/mol. The fourth-order valence-electron chi connectivity index (χ4n) is 2.66. The molecule has 29 heavy (non-hydrogen) atoms. The normalized spacial score (nSPS) is 11.1. The third-order valence-corrected chi connectivity index (χ3v) is 6.05. The van der Waals surface area contributed by atoms with Crippen molar-refractivity contribution < 1.29 is 9.72 Å². The first-order chi connectivity index (χ1) is 13.8. The van der Waals surface area contributed by atoms with E-state index in [4.69, 9.17) is 11.6 Å². The molecule has 8 nitrogen and oxygen atoms in total. The molecule has 152 valence electrons. The molecule has 0 fully saturated rings. The second-order valence-corrected chi connectivity index (χ2v) is 8.94. The second kappa shape index (κ2) is 8.93. The van der Waals surface area contributed by atoms with E-state index in [0.29, 0.717) is 10.8 Å². The number of hydrogen-bond acceptors (Lipinski definition) is 7. The van der Waals surface area contributed by atoms with Gasteiger partial charge in [0.25, 0.3) is 5.69 Å². The van der Waals surface area contributed by atoms with E-state index < -0.39 is 4.92 Å². The van der Waals surface area contributed by atoms with Gasteiger partial charge >= 0.3 is 0 Å². The summed E-state index contributed by atoms with van der Waals surface area (Å²) in [4.78, 5) is 23.9. The Morgan fingerprint density at radius 3 is 2.76 bits per heavy atom. The van der Waals surface area contributed by atoms with E-state index in [1.165, 1.54) is 34.8 Å². The van der Waals surface area contributed by atoms with E-state index in [0.717, 1.165) is 11.4 Å². The number of carbonyl (C=O) groups excluding carboxylic acids is 1. The summed E-state index contributed by atoms with van der Waals surface area (Å²) in [7, 11) is 0. The summed E-state index contributed by atoms with van der Waals surface area (Å²) in [6.45, 7) is 6.09. The van der Waals surface area contributed by atoms with Gasteiger partial charge in [-0.2, -0.15) is 0 Å². The van der Waals surface area contributed by atoms with E-state index in [9.17, 15) is 14.9 Å². The van der Waals surface area contributed by atoms with Crippen molar-refractivity contribution in [3.05, 3.63) is 49.7 Å². The van der Waals surface area contributed by atoms with Gasteiger partial charge in [0.15, 0.2) is 11.0 Å². The molecule has 1 amide bonds. The third kappa shape index (κ3) is 4.95. The van der Waals surface area contributed by atoms with Gasteiger partial charge in [-0.3, -0.25) is 19.5 Å². The van der Waals surface area contributed by atoms with E-state index in [1.807, 2.05) is 30.7 Å². The molecule has 0 aliphatic carbocycles. The summed E-state index contributed by atoms with van der Waals surface area (Å²) < 4.78 is 1.99. The Balaban J connectivity index is 1.71. The van der Waals surface area contributed by atoms with Crippen LogP contribution in [0.25, 0.3) is 11.4 Å². The fourth-order valence-corrected chi connectivity index (χ4v) is 4.39. The molecule has 0 saturated heterocycles. The molecule has 0 bridgehead atoms. The number of amides is 1. The summed E-state index contributed by atoms with van der Waals surface area (Å²) in [5.41, 5.74) is 1.05. The van der Waals surface area contributed by atoms with Crippen molar-refractivity contribution in [1.82, 2.24) is 14.8 Å². The number of nitrogens with zero attached hydrogens (tertiary/aromatic N) is 4. The summed E-state index contributed by atoms with van der Waals surface area (Å²) in [6, 6.07) is 6.31. The summed E-state index contributed by atoms with van der Waals surface area (Å²) >= 11 is 8.70. The number of aryl methyl sites for hydroxylation is 1. The number of rotatable bonds is 7. The van der Waals surface area contributed by atoms with Crippen molar-refractivity contribution in [3.63, 3.8) is 0 Å². The molecule has 2 aromatic heterocycles. The maximum atomic E-state index is 12.3. The lowest BCUT2D eigenvalue weighted by molar-refractivity contribution is -0.384. The smallest absolute Gasteiger partial charge is 0.289 e. The highest BCUT2D eigenvalue weighted by Crippen LogP contribution is 2.31. The molecule has 2 heterocycles. The molecular formula is C18H18ClN5O3S2. The van der Waals surface area contributed by atoms with Crippen LogP contribution < -0.4 is 5.32 Å². The molecule has 0 atom stereocenters. The first kappa shape index (κ1) is 21.3. The van der Waals surface area contributed by atoms with Crippen LogP contribution >= 0.6 is 34.7 Å². The number of thioether (sulfide) groups is 1. The Kier molecular flexibility index (Phi) is 6.56. The van der Waals surface area contributed by atoms with Crippen LogP contribution in [-0.2, 0) is 4.79 Å². The molecule has 1 N–H and O–H groups in total. The average molecular weight is 452 g/mol. The molecule has 3 rings (SSSR count). The Morgan fingerprint density at radius 1 is 1.38 bits per heavy atom. The lowest BCUT2D eigenvalue weighted by Crippen LogP contribution is -2.15. The zero-order valence-electron chi connectivity index (χ0n) is 15.9. The number of nitro groups is 1. The van der Waals surface area contributed by atoms with Crippen molar-refractivity contribution in [2.75, 3.05) is 11.1 Å². The van der Waals surface area contributed by atoms with E-state index in [1.54, 1.807) is 11.3 Å². The van der Waals surface area contributed by atoms with Crippen LogP contribution in [0, 0.1) is 17.0 Å². The van der Waals surface area contributed by atoms with Gasteiger partial charge in [0.05, 0.1) is 10.7 Å². The van der Waals surface area contributed by atoms with Gasteiger partial charge in [-0.25, -0.2) is 0 Å². The molecule has 0 radical (unpaired) electrons. The molecule has 0 saturated carbocycles. The molecule has 0 spiro atoms. The third-order valence-electron chi connectivity index (χ3n) is 3.93. The predicted octanol–water partition coefficient (Wildman–Crippen LogP) is 5.19. The first-order valence-electron chi connectivity index (χ1n) is 8.63. The average Bonchev–Trinajstić information content (AvgIpc) is 3.27. The van der Waals surface area contributed by atoms with Gasteiger partial charge in [0, 0.05) is 33.6 Å². The minimum Gasteiger partial charge on any atom is -0.325 e. The van der Waals surface area contributed by atoms with E-state index >= 15 is 0 Å². The summed E-state index contributed by atoms with van der Waals surface area (Å²) in [6.07, 6.45) is 0. The van der Waals surface area contributed by atoms with Crippen LogP contribution in [0.4, 0.5) is 11.4 Å². The Labute approximate surface area is 180 Å². The van der Waals surface area contributed by atoms with Crippen LogP contribution in [0.1, 0.15) is 24.8 Å². The van der Waals surface area contributed by atoms with Crippen LogP contribution in [0.5, 0.6) is 0 Å². The number of halogens is 1. The highest BCUT2D eigenvalue weighted by Gasteiger charge is 2.19. The van der Waals surface area contributed by atoms with Gasteiger partial charge in [0.1, 0.15) is 5.02 Å².